The number of carbonyl (C=O) groups is 1. The summed E-state index contributed by atoms with van der Waals surface area (Å²) < 4.78 is 45.4. The first kappa shape index (κ1) is 14.4. The average molecular weight is 277 g/mol. The maximum atomic E-state index is 13.6. The van der Waals surface area contributed by atoms with Gasteiger partial charge in [0.15, 0.2) is 0 Å². The Bertz CT molecular complexity index is 569. The van der Waals surface area contributed by atoms with Gasteiger partial charge in [0, 0.05) is 0 Å². The third-order valence-corrected chi connectivity index (χ3v) is 3.45. The van der Waals surface area contributed by atoms with Crippen molar-refractivity contribution in [2.75, 3.05) is 4.31 Å². The molecule has 0 unspecified atom stereocenters. The molecule has 0 saturated carbocycles. The van der Waals surface area contributed by atoms with E-state index in [2.05, 4.69) is 0 Å². The fourth-order valence-corrected chi connectivity index (χ4v) is 2.47. The van der Waals surface area contributed by atoms with Crippen LogP contribution in [0.1, 0.15) is 13.8 Å². The van der Waals surface area contributed by atoms with E-state index in [9.17, 15) is 17.6 Å². The first-order valence-corrected chi connectivity index (χ1v) is 6.24. The monoisotopic (exact) mass is 277 g/mol. The van der Waals surface area contributed by atoms with Gasteiger partial charge in [0.1, 0.15) is 11.4 Å². The van der Waals surface area contributed by atoms with Gasteiger partial charge in [-0.15, -0.1) is 0 Å². The summed E-state index contributed by atoms with van der Waals surface area (Å²) in [6.07, 6.45) is 0. The van der Waals surface area contributed by atoms with Gasteiger partial charge in [-0.05, 0) is 26.0 Å². The highest BCUT2D eigenvalue weighted by molar-refractivity contribution is 7.87. The summed E-state index contributed by atoms with van der Waals surface area (Å²) in [4.78, 5) is 11.1. The minimum atomic E-state index is -4.93. The summed E-state index contributed by atoms with van der Waals surface area (Å²) in [7, 11) is -4.93. The molecule has 0 aromatic heterocycles. The van der Waals surface area contributed by atoms with Crippen LogP contribution in [0, 0.1) is 5.82 Å². The van der Waals surface area contributed by atoms with Crippen LogP contribution in [0.15, 0.2) is 24.3 Å². The molecule has 0 amide bonds. The predicted molar refractivity (Wildman–Crippen MR) is 62.1 cm³/mol. The Labute approximate surface area is 104 Å². The van der Waals surface area contributed by atoms with E-state index in [4.69, 9.17) is 9.66 Å². The van der Waals surface area contributed by atoms with Gasteiger partial charge < -0.3 is 5.11 Å². The van der Waals surface area contributed by atoms with Gasteiger partial charge >= 0.3 is 16.3 Å². The molecular weight excluding hydrogens is 265 g/mol. The molecule has 18 heavy (non-hydrogen) atoms. The van der Waals surface area contributed by atoms with Crippen LogP contribution in [0.3, 0.4) is 0 Å². The zero-order chi connectivity index (χ0) is 14.1. The molecule has 0 aliphatic carbocycles. The van der Waals surface area contributed by atoms with Crippen molar-refractivity contribution < 1.29 is 27.3 Å². The number of nitrogens with zero attached hydrogens (tertiary/aromatic N) is 1. The van der Waals surface area contributed by atoms with Gasteiger partial charge in [0.05, 0.1) is 5.69 Å². The van der Waals surface area contributed by atoms with Crippen molar-refractivity contribution in [3.05, 3.63) is 30.1 Å². The first-order valence-electron chi connectivity index (χ1n) is 4.84. The smallest absolute Gasteiger partial charge is 0.361 e. The lowest BCUT2D eigenvalue weighted by atomic mass is 10.1. The molecule has 1 aromatic rings. The highest BCUT2D eigenvalue weighted by Crippen LogP contribution is 2.29. The van der Waals surface area contributed by atoms with E-state index in [0.717, 1.165) is 26.0 Å². The van der Waals surface area contributed by atoms with Gasteiger partial charge in [-0.3, -0.25) is 4.55 Å². The van der Waals surface area contributed by atoms with Crippen LogP contribution in [-0.2, 0) is 15.1 Å². The van der Waals surface area contributed by atoms with Crippen molar-refractivity contribution in [1.29, 1.82) is 0 Å². The Hall–Kier alpha value is -1.67. The van der Waals surface area contributed by atoms with E-state index in [1.54, 1.807) is 0 Å². The SMILES string of the molecule is CC(C)(C(=O)O)N(c1ccccc1F)S(=O)(=O)O. The summed E-state index contributed by atoms with van der Waals surface area (Å²) >= 11 is 0. The van der Waals surface area contributed by atoms with Crippen LogP contribution in [0.25, 0.3) is 0 Å². The van der Waals surface area contributed by atoms with Crippen LogP contribution < -0.4 is 4.31 Å². The van der Waals surface area contributed by atoms with Gasteiger partial charge in [0.25, 0.3) is 0 Å². The molecule has 0 fully saturated rings. The molecule has 0 atom stereocenters. The summed E-state index contributed by atoms with van der Waals surface area (Å²) in [5, 5.41) is 8.99. The molecule has 0 bridgehead atoms. The summed E-state index contributed by atoms with van der Waals surface area (Å²) in [5.74, 6) is -2.48. The van der Waals surface area contributed by atoms with Crippen LogP contribution in [0.2, 0.25) is 0 Å². The Morgan fingerprint density at radius 2 is 1.83 bits per heavy atom. The number of hydrogen-bond donors (Lipinski definition) is 2. The van der Waals surface area contributed by atoms with Crippen LogP contribution in [-0.4, -0.2) is 29.6 Å². The molecule has 1 rings (SSSR count). The van der Waals surface area contributed by atoms with E-state index in [-0.39, 0.29) is 4.31 Å². The zero-order valence-electron chi connectivity index (χ0n) is 9.66. The largest absolute Gasteiger partial charge is 0.479 e. The Morgan fingerprint density at radius 3 is 2.22 bits per heavy atom. The lowest BCUT2D eigenvalue weighted by molar-refractivity contribution is -0.141. The number of carboxylic acids is 1. The summed E-state index contributed by atoms with van der Waals surface area (Å²) in [6.45, 7) is 2.07. The van der Waals surface area contributed by atoms with Gasteiger partial charge in [-0.2, -0.15) is 8.42 Å². The number of benzene rings is 1. The molecule has 6 nitrogen and oxygen atoms in total. The quantitative estimate of drug-likeness (QED) is 0.809. The van der Waals surface area contributed by atoms with Gasteiger partial charge in [-0.1, -0.05) is 12.1 Å². The van der Waals surface area contributed by atoms with Crippen molar-refractivity contribution in [3.63, 3.8) is 0 Å². The van der Waals surface area contributed by atoms with Crippen molar-refractivity contribution in [3.8, 4) is 0 Å². The van der Waals surface area contributed by atoms with Gasteiger partial charge in [-0.25, -0.2) is 13.5 Å². The number of rotatable bonds is 4. The fraction of sp³-hybridized carbons (Fsp3) is 0.300. The van der Waals surface area contributed by atoms with Crippen molar-refractivity contribution in [2.45, 2.75) is 19.4 Å². The van der Waals surface area contributed by atoms with E-state index >= 15 is 0 Å². The lowest BCUT2D eigenvalue weighted by Gasteiger charge is -2.33. The molecular formula is C10H12FNO5S. The van der Waals surface area contributed by atoms with Crippen LogP contribution in [0.5, 0.6) is 0 Å². The fourth-order valence-electron chi connectivity index (χ4n) is 1.42. The van der Waals surface area contributed by atoms with Crippen LogP contribution in [0.4, 0.5) is 10.1 Å². The maximum Gasteiger partial charge on any atom is 0.361 e. The Kier molecular flexibility index (Phi) is 3.63. The van der Waals surface area contributed by atoms with Crippen molar-refractivity contribution in [2.24, 2.45) is 0 Å². The second-order valence-corrected chi connectivity index (χ2v) is 5.32. The molecule has 0 radical (unpaired) electrons. The summed E-state index contributed by atoms with van der Waals surface area (Å²) in [6, 6.07) is 4.67. The standard InChI is InChI=1S/C10H12FNO5S/c1-10(2,9(13)14)12(18(15,16)17)8-6-4-3-5-7(8)11/h3-6H,1-2H3,(H,13,14)(H,15,16,17). The number of carboxylic acid groups (broad SMARTS) is 1. The van der Waals surface area contributed by atoms with Crippen molar-refractivity contribution in [1.82, 2.24) is 0 Å². The van der Waals surface area contributed by atoms with E-state index in [1.807, 2.05) is 0 Å². The number of anilines is 1. The van der Waals surface area contributed by atoms with E-state index < -0.39 is 33.3 Å². The second-order valence-electron chi connectivity index (χ2n) is 4.06. The topological polar surface area (TPSA) is 94.9 Å². The number of hydrogen-bond acceptors (Lipinski definition) is 3. The normalized spacial score (nSPS) is 12.2. The molecule has 0 saturated heterocycles. The zero-order valence-corrected chi connectivity index (χ0v) is 10.5. The third-order valence-electron chi connectivity index (χ3n) is 2.33. The molecule has 1 aromatic carbocycles. The molecule has 0 aliphatic heterocycles. The molecule has 100 valence electrons. The minimum absolute atomic E-state index is 0.123. The van der Waals surface area contributed by atoms with E-state index in [1.165, 1.54) is 12.1 Å². The number of para-hydroxylation sites is 1. The predicted octanol–water partition coefficient (Wildman–Crippen LogP) is 1.30. The number of aliphatic carboxylic acids is 1. The Balaban J connectivity index is 3.52. The van der Waals surface area contributed by atoms with Crippen molar-refractivity contribution >= 4 is 22.0 Å². The third kappa shape index (κ3) is 2.59. The number of halogens is 1. The molecule has 8 heteroatoms. The van der Waals surface area contributed by atoms with Gasteiger partial charge in [0.2, 0.25) is 0 Å². The van der Waals surface area contributed by atoms with E-state index in [0.29, 0.717) is 0 Å². The maximum absolute atomic E-state index is 13.6. The van der Waals surface area contributed by atoms with Crippen LogP contribution >= 0.6 is 0 Å². The molecule has 0 spiro atoms. The highest BCUT2D eigenvalue weighted by atomic mass is 32.2. The average Bonchev–Trinajstić information content (AvgIpc) is 2.18. The minimum Gasteiger partial charge on any atom is -0.479 e. The first-order chi connectivity index (χ1) is 8.08. The lowest BCUT2D eigenvalue weighted by Crippen LogP contribution is -2.53. The second kappa shape index (κ2) is 4.54. The highest BCUT2D eigenvalue weighted by Gasteiger charge is 2.42. The summed E-state index contributed by atoms with van der Waals surface area (Å²) in [5.41, 5.74) is -2.57. The molecule has 0 heterocycles. The molecule has 0 aliphatic rings. The Morgan fingerprint density at radius 1 is 1.33 bits per heavy atom. The molecule has 2 N–H and O–H groups in total.